The number of aliphatic hydroxyl groups excluding tert-OH is 1. The lowest BCUT2D eigenvalue weighted by Crippen LogP contribution is -2.52. The van der Waals surface area contributed by atoms with Crippen LogP contribution in [0.3, 0.4) is 0 Å². The Balaban J connectivity index is 1.98. The molecular weight excluding hydrogens is 288 g/mol. The van der Waals surface area contributed by atoms with Crippen molar-refractivity contribution in [3.63, 3.8) is 0 Å². The molecule has 0 bridgehead atoms. The smallest absolute Gasteiger partial charge is 0.253 e. The van der Waals surface area contributed by atoms with Crippen molar-refractivity contribution in [2.45, 2.75) is 26.3 Å². The lowest BCUT2D eigenvalue weighted by Gasteiger charge is -2.38. The number of rotatable bonds is 4. The second-order valence-electron chi connectivity index (χ2n) is 5.54. The van der Waals surface area contributed by atoms with Crippen LogP contribution < -0.4 is 0 Å². The first-order chi connectivity index (χ1) is 10.1. The summed E-state index contributed by atoms with van der Waals surface area (Å²) in [6.45, 7) is 7.21. The SMILES string of the molecule is CC[C@@H](CO)N1CCN(C(=O)c2ccc(Cl)c(C)c2)CC1. The third-order valence-corrected chi connectivity index (χ3v) is 4.63. The minimum absolute atomic E-state index is 0.0615. The highest BCUT2D eigenvalue weighted by atomic mass is 35.5. The molecule has 1 saturated heterocycles. The first-order valence-electron chi connectivity index (χ1n) is 7.47. The van der Waals surface area contributed by atoms with Crippen LogP contribution in [-0.2, 0) is 0 Å². The van der Waals surface area contributed by atoms with Gasteiger partial charge >= 0.3 is 0 Å². The first-order valence-corrected chi connectivity index (χ1v) is 7.85. The molecule has 0 unspecified atom stereocenters. The molecule has 1 heterocycles. The summed E-state index contributed by atoms with van der Waals surface area (Å²) in [5.74, 6) is 0.0615. The number of carbonyl (C=O) groups excluding carboxylic acids is 1. The van der Waals surface area contributed by atoms with Gasteiger partial charge in [0, 0.05) is 42.8 Å². The molecule has 1 amide bonds. The number of amides is 1. The minimum Gasteiger partial charge on any atom is -0.395 e. The standard InChI is InChI=1S/C16H23ClN2O2/c1-3-14(11-20)18-6-8-19(9-7-18)16(21)13-4-5-15(17)12(2)10-13/h4-5,10,14,20H,3,6-9,11H2,1-2H3/t14-/m0/s1. The number of hydrogen-bond donors (Lipinski definition) is 1. The van der Waals surface area contributed by atoms with Gasteiger partial charge in [0.25, 0.3) is 5.91 Å². The van der Waals surface area contributed by atoms with E-state index >= 15 is 0 Å². The molecule has 1 aromatic carbocycles. The Morgan fingerprint density at radius 2 is 2.00 bits per heavy atom. The van der Waals surface area contributed by atoms with E-state index in [1.54, 1.807) is 12.1 Å². The van der Waals surface area contributed by atoms with Crippen LogP contribution in [0.25, 0.3) is 0 Å². The molecule has 4 nitrogen and oxygen atoms in total. The van der Waals surface area contributed by atoms with Crippen LogP contribution in [0.4, 0.5) is 0 Å². The Morgan fingerprint density at radius 1 is 1.33 bits per heavy atom. The van der Waals surface area contributed by atoms with Crippen LogP contribution in [0.15, 0.2) is 18.2 Å². The molecule has 5 heteroatoms. The maximum absolute atomic E-state index is 12.5. The lowest BCUT2D eigenvalue weighted by molar-refractivity contribution is 0.0472. The molecule has 1 atom stereocenters. The Hall–Kier alpha value is -1.10. The van der Waals surface area contributed by atoms with Gasteiger partial charge in [-0.05, 0) is 37.1 Å². The highest BCUT2D eigenvalue weighted by Gasteiger charge is 2.25. The molecule has 0 spiro atoms. The van der Waals surface area contributed by atoms with Gasteiger partial charge in [-0.2, -0.15) is 0 Å². The number of aryl methyl sites for hydroxylation is 1. The van der Waals surface area contributed by atoms with Gasteiger partial charge in [0.15, 0.2) is 0 Å². The van der Waals surface area contributed by atoms with Crippen molar-refractivity contribution in [2.24, 2.45) is 0 Å². The third-order valence-electron chi connectivity index (χ3n) is 4.20. The quantitative estimate of drug-likeness (QED) is 0.927. The van der Waals surface area contributed by atoms with Gasteiger partial charge in [-0.1, -0.05) is 18.5 Å². The summed E-state index contributed by atoms with van der Waals surface area (Å²) in [6, 6.07) is 5.62. The van der Waals surface area contributed by atoms with Crippen LogP contribution in [0.1, 0.15) is 29.3 Å². The molecule has 21 heavy (non-hydrogen) atoms. The van der Waals surface area contributed by atoms with E-state index in [0.29, 0.717) is 23.7 Å². The van der Waals surface area contributed by atoms with Crippen molar-refractivity contribution < 1.29 is 9.90 Å². The first kappa shape index (κ1) is 16.3. The molecule has 2 rings (SSSR count). The van der Waals surface area contributed by atoms with Crippen molar-refractivity contribution in [2.75, 3.05) is 32.8 Å². The van der Waals surface area contributed by atoms with Gasteiger partial charge in [-0.15, -0.1) is 0 Å². The molecule has 0 saturated carbocycles. The Labute approximate surface area is 131 Å². The number of halogens is 1. The molecule has 1 fully saturated rings. The fourth-order valence-electron chi connectivity index (χ4n) is 2.75. The lowest BCUT2D eigenvalue weighted by atomic mass is 10.1. The number of carbonyl (C=O) groups is 1. The zero-order valence-corrected chi connectivity index (χ0v) is 13.4. The predicted octanol–water partition coefficient (Wildman–Crippen LogP) is 2.18. The van der Waals surface area contributed by atoms with E-state index in [4.69, 9.17) is 11.6 Å². The highest BCUT2D eigenvalue weighted by molar-refractivity contribution is 6.31. The second-order valence-corrected chi connectivity index (χ2v) is 5.94. The highest BCUT2D eigenvalue weighted by Crippen LogP contribution is 2.18. The van der Waals surface area contributed by atoms with E-state index in [0.717, 1.165) is 25.1 Å². The second kappa shape index (κ2) is 7.25. The molecule has 1 aromatic rings. The van der Waals surface area contributed by atoms with Crippen molar-refractivity contribution in [1.29, 1.82) is 0 Å². The van der Waals surface area contributed by atoms with Gasteiger partial charge in [-0.25, -0.2) is 0 Å². The average Bonchev–Trinajstić information content (AvgIpc) is 2.51. The molecule has 116 valence electrons. The largest absolute Gasteiger partial charge is 0.395 e. The average molecular weight is 311 g/mol. The van der Waals surface area contributed by atoms with E-state index in [1.165, 1.54) is 0 Å². The fraction of sp³-hybridized carbons (Fsp3) is 0.562. The zero-order valence-electron chi connectivity index (χ0n) is 12.7. The molecule has 1 N–H and O–H groups in total. The zero-order chi connectivity index (χ0) is 15.4. The molecule has 1 aliphatic rings. The van der Waals surface area contributed by atoms with Crippen molar-refractivity contribution in [3.05, 3.63) is 34.3 Å². The summed E-state index contributed by atoms with van der Waals surface area (Å²) < 4.78 is 0. The molecule has 0 radical (unpaired) electrons. The van der Waals surface area contributed by atoms with E-state index in [-0.39, 0.29) is 18.6 Å². The van der Waals surface area contributed by atoms with Gasteiger partial charge in [0.1, 0.15) is 0 Å². The van der Waals surface area contributed by atoms with Crippen molar-refractivity contribution in [1.82, 2.24) is 9.80 Å². The summed E-state index contributed by atoms with van der Waals surface area (Å²) in [5, 5.41) is 10.0. The minimum atomic E-state index is 0.0615. The number of benzene rings is 1. The van der Waals surface area contributed by atoms with E-state index in [9.17, 15) is 9.90 Å². The van der Waals surface area contributed by atoms with Crippen molar-refractivity contribution in [3.8, 4) is 0 Å². The van der Waals surface area contributed by atoms with E-state index in [1.807, 2.05) is 17.9 Å². The molecule has 1 aliphatic heterocycles. The molecule has 0 aromatic heterocycles. The van der Waals surface area contributed by atoms with Crippen LogP contribution in [-0.4, -0.2) is 59.6 Å². The van der Waals surface area contributed by atoms with Crippen LogP contribution in [0.5, 0.6) is 0 Å². The predicted molar refractivity (Wildman–Crippen MR) is 84.8 cm³/mol. The summed E-state index contributed by atoms with van der Waals surface area (Å²) >= 11 is 6.00. The van der Waals surface area contributed by atoms with Gasteiger partial charge < -0.3 is 10.0 Å². The summed E-state index contributed by atoms with van der Waals surface area (Å²) in [5.41, 5.74) is 1.62. The normalized spacial score (nSPS) is 17.8. The van der Waals surface area contributed by atoms with Crippen molar-refractivity contribution >= 4 is 17.5 Å². The number of nitrogens with zero attached hydrogens (tertiary/aromatic N) is 2. The Kier molecular flexibility index (Phi) is 5.62. The number of piperazine rings is 1. The van der Waals surface area contributed by atoms with Gasteiger partial charge in [0.05, 0.1) is 6.61 Å². The number of hydrogen-bond acceptors (Lipinski definition) is 3. The van der Waals surface area contributed by atoms with E-state index in [2.05, 4.69) is 11.8 Å². The monoisotopic (exact) mass is 310 g/mol. The third kappa shape index (κ3) is 3.76. The summed E-state index contributed by atoms with van der Waals surface area (Å²) in [7, 11) is 0. The molecular formula is C16H23ClN2O2. The maximum Gasteiger partial charge on any atom is 0.253 e. The topological polar surface area (TPSA) is 43.8 Å². The van der Waals surface area contributed by atoms with Crippen LogP contribution in [0, 0.1) is 6.92 Å². The van der Waals surface area contributed by atoms with Crippen LogP contribution in [0.2, 0.25) is 5.02 Å². The summed E-state index contributed by atoms with van der Waals surface area (Å²) in [6.07, 6.45) is 0.931. The van der Waals surface area contributed by atoms with Gasteiger partial charge in [0.2, 0.25) is 0 Å². The molecule has 0 aliphatic carbocycles. The fourth-order valence-corrected chi connectivity index (χ4v) is 2.87. The Bertz CT molecular complexity index is 495. The maximum atomic E-state index is 12.5. The summed E-state index contributed by atoms with van der Waals surface area (Å²) in [4.78, 5) is 16.6. The van der Waals surface area contributed by atoms with E-state index < -0.39 is 0 Å². The van der Waals surface area contributed by atoms with Crippen LogP contribution >= 0.6 is 11.6 Å². The number of aliphatic hydroxyl groups is 1. The van der Waals surface area contributed by atoms with Gasteiger partial charge in [-0.3, -0.25) is 9.69 Å². The Morgan fingerprint density at radius 3 is 2.52 bits per heavy atom.